The van der Waals surface area contributed by atoms with Crippen LogP contribution in [0.1, 0.15) is 60.3 Å². The largest absolute Gasteiger partial charge is 0.492 e. The predicted molar refractivity (Wildman–Crippen MR) is 138 cm³/mol. The van der Waals surface area contributed by atoms with Crippen LogP contribution in [-0.4, -0.2) is 52.0 Å². The van der Waals surface area contributed by atoms with E-state index in [0.717, 1.165) is 39.3 Å². The maximum absolute atomic E-state index is 12.7. The maximum atomic E-state index is 12.7. The molecule has 1 N–H and O–H groups in total. The van der Waals surface area contributed by atoms with E-state index in [1.54, 1.807) is 0 Å². The molecule has 1 unspecified atom stereocenters. The molecule has 1 aromatic carbocycles. The van der Waals surface area contributed by atoms with E-state index in [-0.39, 0.29) is 35.1 Å². The van der Waals surface area contributed by atoms with Crippen LogP contribution in [-0.2, 0) is 22.7 Å². The number of rotatable bonds is 4. The third kappa shape index (κ3) is 3.98. The Bertz CT molecular complexity index is 1590. The zero-order valence-electron chi connectivity index (χ0n) is 20.8. The zero-order chi connectivity index (χ0) is 26.1. The Morgan fingerprint density at radius 1 is 1.19 bits per heavy atom. The second-order valence-electron chi connectivity index (χ2n) is 10.6. The van der Waals surface area contributed by atoms with Crippen molar-refractivity contribution in [3.05, 3.63) is 57.6 Å². The highest BCUT2D eigenvalue weighted by Gasteiger charge is 2.34. The van der Waals surface area contributed by atoms with E-state index in [2.05, 4.69) is 25.0 Å². The minimum absolute atomic E-state index is 0.00123. The molecule has 3 aromatic rings. The van der Waals surface area contributed by atoms with Crippen LogP contribution in [0.3, 0.4) is 0 Å². The lowest BCUT2D eigenvalue weighted by molar-refractivity contribution is 0.0694. The smallest absolute Gasteiger partial charge is 0.341 e. The van der Waals surface area contributed by atoms with Gasteiger partial charge in [-0.1, -0.05) is 13.8 Å². The van der Waals surface area contributed by atoms with Crippen molar-refractivity contribution in [2.45, 2.75) is 51.6 Å². The Labute approximate surface area is 214 Å². The van der Waals surface area contributed by atoms with Crippen LogP contribution in [0.2, 0.25) is 0 Å². The normalized spacial score (nSPS) is 20.2. The molecule has 0 bridgehead atoms. The van der Waals surface area contributed by atoms with Crippen molar-refractivity contribution in [3.63, 3.8) is 0 Å². The van der Waals surface area contributed by atoms with E-state index in [1.165, 1.54) is 12.3 Å². The molecular formula is C27H29N3O6S. The van der Waals surface area contributed by atoms with E-state index in [0.29, 0.717) is 32.3 Å². The lowest BCUT2D eigenvalue weighted by atomic mass is 9.82. The topological polar surface area (TPSA) is 120 Å². The number of nitrogens with zero attached hydrogens (tertiary/aromatic N) is 3. The lowest BCUT2D eigenvalue weighted by Gasteiger charge is -2.34. The Morgan fingerprint density at radius 3 is 2.65 bits per heavy atom. The highest BCUT2D eigenvalue weighted by Crippen LogP contribution is 2.48. The highest BCUT2D eigenvalue weighted by molar-refractivity contribution is 7.91. The molecule has 1 saturated heterocycles. The van der Waals surface area contributed by atoms with Crippen molar-refractivity contribution >= 4 is 15.8 Å². The van der Waals surface area contributed by atoms with Crippen LogP contribution in [0.25, 0.3) is 22.4 Å². The standard InChI is InChI=1S/C27H29N3O6S/c1-15(2)22-10-16-9-20(17-12-28-30(13-17)18-4-7-37(34,35)8-5-18)26-19(3-6-36-26)25(16)23-11-24(31)21(27(32)33)14-29(22)23/h9,11-15,18,22H,3-8,10H2,1-2H3,(H,32,33). The first kappa shape index (κ1) is 24.0. The van der Waals surface area contributed by atoms with E-state index < -0.39 is 21.2 Å². The molecule has 1 atom stereocenters. The number of carboxylic acid groups (broad SMARTS) is 1. The first-order valence-corrected chi connectivity index (χ1v) is 14.5. The molecule has 0 amide bonds. The molecule has 3 aliphatic heterocycles. The number of hydrogen-bond donors (Lipinski definition) is 1. The van der Waals surface area contributed by atoms with Crippen LogP contribution in [0.5, 0.6) is 5.75 Å². The van der Waals surface area contributed by atoms with Gasteiger partial charge in [0.2, 0.25) is 0 Å². The predicted octanol–water partition coefficient (Wildman–Crippen LogP) is 3.51. The van der Waals surface area contributed by atoms with Gasteiger partial charge in [-0.25, -0.2) is 13.2 Å². The zero-order valence-corrected chi connectivity index (χ0v) is 21.6. The Morgan fingerprint density at radius 2 is 1.95 bits per heavy atom. The average Bonchev–Trinajstić information content (AvgIpc) is 3.52. The number of ether oxygens (including phenoxy) is 1. The molecule has 0 aliphatic carbocycles. The summed E-state index contributed by atoms with van der Waals surface area (Å²) in [4.78, 5) is 24.4. The number of sulfone groups is 1. The van der Waals surface area contributed by atoms with Crippen molar-refractivity contribution in [2.75, 3.05) is 18.1 Å². The van der Waals surface area contributed by atoms with Crippen molar-refractivity contribution in [1.82, 2.24) is 14.3 Å². The molecule has 2 aromatic heterocycles. The highest BCUT2D eigenvalue weighted by atomic mass is 32.2. The van der Waals surface area contributed by atoms with Gasteiger partial charge in [-0.2, -0.15) is 5.10 Å². The number of fused-ring (bicyclic) bond motifs is 5. The van der Waals surface area contributed by atoms with Crippen molar-refractivity contribution < 1.29 is 23.1 Å². The summed E-state index contributed by atoms with van der Waals surface area (Å²) >= 11 is 0. The summed E-state index contributed by atoms with van der Waals surface area (Å²) in [6, 6.07) is 3.64. The number of hydrogen-bond acceptors (Lipinski definition) is 6. The molecule has 3 aliphatic rings. The van der Waals surface area contributed by atoms with E-state index >= 15 is 0 Å². The second-order valence-corrected chi connectivity index (χ2v) is 12.9. The molecule has 37 heavy (non-hydrogen) atoms. The molecule has 194 valence electrons. The third-order valence-corrected chi connectivity index (χ3v) is 9.71. The van der Waals surface area contributed by atoms with Gasteiger partial charge in [-0.15, -0.1) is 0 Å². The summed E-state index contributed by atoms with van der Waals surface area (Å²) < 4.78 is 33.7. The van der Waals surface area contributed by atoms with E-state index in [1.807, 2.05) is 21.6 Å². The van der Waals surface area contributed by atoms with Gasteiger partial charge in [0, 0.05) is 53.2 Å². The summed E-state index contributed by atoms with van der Waals surface area (Å²) in [6.07, 6.45) is 7.81. The number of aromatic carboxylic acids is 1. The van der Waals surface area contributed by atoms with Crippen LogP contribution in [0, 0.1) is 5.92 Å². The van der Waals surface area contributed by atoms with Gasteiger partial charge in [0.15, 0.2) is 5.43 Å². The first-order valence-electron chi connectivity index (χ1n) is 12.7. The van der Waals surface area contributed by atoms with Crippen molar-refractivity contribution in [1.29, 1.82) is 0 Å². The van der Waals surface area contributed by atoms with Crippen molar-refractivity contribution in [2.24, 2.45) is 5.92 Å². The van der Waals surface area contributed by atoms with Gasteiger partial charge in [0.25, 0.3) is 0 Å². The summed E-state index contributed by atoms with van der Waals surface area (Å²) in [5.74, 6) is 0.139. The van der Waals surface area contributed by atoms with Gasteiger partial charge in [-0.3, -0.25) is 9.48 Å². The number of pyridine rings is 1. The van der Waals surface area contributed by atoms with Gasteiger partial charge >= 0.3 is 5.97 Å². The second kappa shape index (κ2) is 8.58. The number of aromatic nitrogens is 3. The van der Waals surface area contributed by atoms with Crippen molar-refractivity contribution in [3.8, 4) is 28.1 Å². The van der Waals surface area contributed by atoms with Crippen LogP contribution < -0.4 is 10.2 Å². The van der Waals surface area contributed by atoms with Gasteiger partial charge in [0.05, 0.1) is 36.0 Å². The molecule has 1 fully saturated rings. The molecule has 9 nitrogen and oxygen atoms in total. The molecule has 0 radical (unpaired) electrons. The van der Waals surface area contributed by atoms with E-state index in [9.17, 15) is 23.1 Å². The SMILES string of the molecule is CC(C)C1Cc2cc(-c3cnn(C4CCS(=O)(=O)CC4)c3)c3c(c2-c2cc(=O)c(C(=O)O)cn21)CCO3. The minimum atomic E-state index is -2.95. The molecule has 10 heteroatoms. The fourth-order valence-electron chi connectivity index (χ4n) is 6.02. The fourth-order valence-corrected chi connectivity index (χ4v) is 7.49. The maximum Gasteiger partial charge on any atom is 0.341 e. The summed E-state index contributed by atoms with van der Waals surface area (Å²) in [7, 11) is -2.95. The van der Waals surface area contributed by atoms with Crippen LogP contribution >= 0.6 is 0 Å². The number of carboxylic acids is 1. The molecule has 0 saturated carbocycles. The Balaban J connectivity index is 1.47. The fraction of sp³-hybridized carbons (Fsp3) is 0.444. The first-order chi connectivity index (χ1) is 17.6. The molecular weight excluding hydrogens is 494 g/mol. The monoisotopic (exact) mass is 523 g/mol. The number of carbonyl (C=O) groups is 1. The quantitative estimate of drug-likeness (QED) is 0.556. The summed E-state index contributed by atoms with van der Waals surface area (Å²) in [5.41, 5.74) is 4.99. The third-order valence-electron chi connectivity index (χ3n) is 7.99. The average molecular weight is 524 g/mol. The Kier molecular flexibility index (Phi) is 5.56. The summed E-state index contributed by atoms with van der Waals surface area (Å²) in [6.45, 7) is 4.73. The van der Waals surface area contributed by atoms with Crippen LogP contribution in [0.15, 0.2) is 35.5 Å². The summed E-state index contributed by atoms with van der Waals surface area (Å²) in [5, 5.41) is 14.1. The molecule has 0 spiro atoms. The minimum Gasteiger partial charge on any atom is -0.492 e. The Hall–Kier alpha value is -3.40. The van der Waals surface area contributed by atoms with Gasteiger partial charge in [0.1, 0.15) is 21.2 Å². The molecule has 6 rings (SSSR count). The van der Waals surface area contributed by atoms with Gasteiger partial charge < -0.3 is 14.4 Å². The lowest BCUT2D eigenvalue weighted by Crippen LogP contribution is -2.28. The number of benzene rings is 1. The van der Waals surface area contributed by atoms with Crippen LogP contribution in [0.4, 0.5) is 0 Å². The van der Waals surface area contributed by atoms with E-state index in [4.69, 9.17) is 4.74 Å². The molecule has 5 heterocycles. The van der Waals surface area contributed by atoms with Gasteiger partial charge in [-0.05, 0) is 36.8 Å².